The molecule has 3 heterocycles. The topological polar surface area (TPSA) is 41.6 Å². The Labute approximate surface area is 204 Å². The van der Waals surface area contributed by atoms with Gasteiger partial charge in [-0.3, -0.25) is 9.69 Å². The fourth-order valence-corrected chi connectivity index (χ4v) is 4.74. The first-order valence-corrected chi connectivity index (χ1v) is 12.0. The van der Waals surface area contributed by atoms with E-state index in [1.54, 1.807) is 0 Å². The predicted molar refractivity (Wildman–Crippen MR) is 137 cm³/mol. The van der Waals surface area contributed by atoms with E-state index in [1.165, 1.54) is 5.56 Å². The Bertz CT molecular complexity index is 1310. The molecule has 34 heavy (non-hydrogen) atoms. The molecule has 4 aromatic rings. The quantitative estimate of drug-likeness (QED) is 0.360. The number of halogens is 1. The normalized spacial score (nSPS) is 14.9. The van der Waals surface area contributed by atoms with Crippen molar-refractivity contribution >= 4 is 34.7 Å². The summed E-state index contributed by atoms with van der Waals surface area (Å²) in [5.74, 6) is 0.881. The SMILES string of the molecule is Cc1cc2c(cc(C(=O)N3CCN(C/C=C/c4ccccc4)CC3)n2Cc2cccc(Cl)c2)o1. The van der Waals surface area contributed by atoms with Crippen LogP contribution in [0.15, 0.2) is 77.2 Å². The van der Waals surface area contributed by atoms with Crippen LogP contribution in [0.3, 0.4) is 0 Å². The van der Waals surface area contributed by atoms with Crippen molar-refractivity contribution in [2.45, 2.75) is 13.5 Å². The zero-order valence-corrected chi connectivity index (χ0v) is 20.0. The fraction of sp³-hybridized carbons (Fsp3) is 0.250. The molecule has 1 aliphatic rings. The highest BCUT2D eigenvalue weighted by molar-refractivity contribution is 6.30. The molecule has 0 radical (unpaired) electrons. The van der Waals surface area contributed by atoms with Gasteiger partial charge in [0, 0.05) is 56.4 Å². The summed E-state index contributed by atoms with van der Waals surface area (Å²) in [7, 11) is 0. The summed E-state index contributed by atoms with van der Waals surface area (Å²) < 4.78 is 7.90. The van der Waals surface area contributed by atoms with Crippen LogP contribution in [0.4, 0.5) is 0 Å². The minimum Gasteiger partial charge on any atom is -0.460 e. The molecular weight excluding hydrogens is 446 g/mol. The fourth-order valence-electron chi connectivity index (χ4n) is 4.53. The standard InChI is InChI=1S/C28H28ClN3O2/c1-21-17-25-27(34-21)19-26(32(25)20-23-9-5-11-24(29)18-23)28(33)31-15-13-30(14-16-31)12-6-10-22-7-3-2-4-8-22/h2-11,17-19H,12-16,20H2,1H3/b10-6+. The summed E-state index contributed by atoms with van der Waals surface area (Å²) in [5.41, 5.74) is 4.59. The highest BCUT2D eigenvalue weighted by atomic mass is 35.5. The number of aryl methyl sites for hydroxylation is 1. The molecule has 2 aromatic heterocycles. The molecule has 0 bridgehead atoms. The second-order valence-corrected chi connectivity index (χ2v) is 9.19. The molecule has 1 fully saturated rings. The Kier molecular flexibility index (Phi) is 6.57. The molecule has 5 rings (SSSR count). The van der Waals surface area contributed by atoms with Gasteiger partial charge in [0.25, 0.3) is 5.91 Å². The Morgan fingerprint density at radius 2 is 1.79 bits per heavy atom. The third kappa shape index (κ3) is 4.96. The molecule has 1 aliphatic heterocycles. The minimum atomic E-state index is 0.0468. The monoisotopic (exact) mass is 473 g/mol. The molecular formula is C28H28ClN3O2. The molecule has 6 heteroatoms. The van der Waals surface area contributed by atoms with Gasteiger partial charge in [-0.05, 0) is 30.2 Å². The van der Waals surface area contributed by atoms with Gasteiger partial charge in [-0.2, -0.15) is 0 Å². The van der Waals surface area contributed by atoms with Crippen LogP contribution in [0.2, 0.25) is 5.02 Å². The Morgan fingerprint density at radius 3 is 2.56 bits per heavy atom. The van der Waals surface area contributed by atoms with Gasteiger partial charge >= 0.3 is 0 Å². The maximum atomic E-state index is 13.5. The van der Waals surface area contributed by atoms with Gasteiger partial charge in [0.2, 0.25) is 0 Å². The van der Waals surface area contributed by atoms with Crippen molar-refractivity contribution in [3.05, 3.63) is 100 Å². The van der Waals surface area contributed by atoms with Gasteiger partial charge < -0.3 is 13.9 Å². The van der Waals surface area contributed by atoms with Gasteiger partial charge in [-0.15, -0.1) is 0 Å². The summed E-state index contributed by atoms with van der Waals surface area (Å²) >= 11 is 6.20. The van der Waals surface area contributed by atoms with Gasteiger partial charge in [-0.1, -0.05) is 66.2 Å². The van der Waals surface area contributed by atoms with Crippen molar-refractivity contribution in [2.75, 3.05) is 32.7 Å². The third-order valence-electron chi connectivity index (χ3n) is 6.29. The maximum Gasteiger partial charge on any atom is 0.270 e. The summed E-state index contributed by atoms with van der Waals surface area (Å²) in [6.07, 6.45) is 4.34. The van der Waals surface area contributed by atoms with Crippen LogP contribution in [-0.2, 0) is 6.54 Å². The van der Waals surface area contributed by atoms with E-state index < -0.39 is 0 Å². The second kappa shape index (κ2) is 9.92. The maximum absolute atomic E-state index is 13.5. The zero-order valence-electron chi connectivity index (χ0n) is 19.3. The Morgan fingerprint density at radius 1 is 1.00 bits per heavy atom. The smallest absolute Gasteiger partial charge is 0.270 e. The molecule has 1 amide bonds. The van der Waals surface area contributed by atoms with E-state index in [2.05, 4.69) is 33.8 Å². The molecule has 0 spiro atoms. The van der Waals surface area contributed by atoms with Crippen LogP contribution < -0.4 is 0 Å². The van der Waals surface area contributed by atoms with Crippen molar-refractivity contribution in [3.8, 4) is 0 Å². The average molecular weight is 474 g/mol. The van der Waals surface area contributed by atoms with Gasteiger partial charge in [0.15, 0.2) is 5.58 Å². The van der Waals surface area contributed by atoms with Crippen molar-refractivity contribution in [2.24, 2.45) is 0 Å². The number of furan rings is 1. The summed E-state index contributed by atoms with van der Waals surface area (Å²) in [4.78, 5) is 17.9. The number of benzene rings is 2. The predicted octanol–water partition coefficient (Wildman–Crippen LogP) is 5.72. The number of carbonyl (C=O) groups is 1. The summed E-state index contributed by atoms with van der Waals surface area (Å²) in [5, 5.41) is 0.689. The van der Waals surface area contributed by atoms with Gasteiger partial charge in [-0.25, -0.2) is 0 Å². The number of fused-ring (bicyclic) bond motifs is 1. The molecule has 0 aliphatic carbocycles. The number of aromatic nitrogens is 1. The zero-order chi connectivity index (χ0) is 23.5. The van der Waals surface area contributed by atoms with E-state index >= 15 is 0 Å². The molecule has 0 saturated carbocycles. The molecule has 174 valence electrons. The van der Waals surface area contributed by atoms with Crippen molar-refractivity contribution in [1.29, 1.82) is 0 Å². The van der Waals surface area contributed by atoms with E-state index in [1.807, 2.05) is 66.4 Å². The lowest BCUT2D eigenvalue weighted by molar-refractivity contribution is 0.0640. The number of nitrogens with zero attached hydrogens (tertiary/aromatic N) is 3. The van der Waals surface area contributed by atoms with Crippen LogP contribution in [0.1, 0.15) is 27.4 Å². The van der Waals surface area contributed by atoms with E-state index in [4.69, 9.17) is 16.0 Å². The van der Waals surface area contributed by atoms with E-state index in [0.717, 1.165) is 42.1 Å². The lowest BCUT2D eigenvalue weighted by Gasteiger charge is -2.34. The van der Waals surface area contributed by atoms with E-state index in [0.29, 0.717) is 30.4 Å². The first kappa shape index (κ1) is 22.5. The van der Waals surface area contributed by atoms with Crippen molar-refractivity contribution < 1.29 is 9.21 Å². The van der Waals surface area contributed by atoms with Crippen molar-refractivity contribution in [1.82, 2.24) is 14.4 Å². The number of piperazine rings is 1. The average Bonchev–Trinajstić information content (AvgIpc) is 3.36. The molecule has 0 atom stereocenters. The summed E-state index contributed by atoms with van der Waals surface area (Å²) in [6, 6.07) is 22.0. The molecule has 2 aromatic carbocycles. The number of hydrogen-bond donors (Lipinski definition) is 0. The van der Waals surface area contributed by atoms with E-state index in [-0.39, 0.29) is 5.91 Å². The lowest BCUT2D eigenvalue weighted by atomic mass is 10.2. The number of hydrogen-bond acceptors (Lipinski definition) is 3. The van der Waals surface area contributed by atoms with Crippen molar-refractivity contribution in [3.63, 3.8) is 0 Å². The Hall–Kier alpha value is -3.28. The van der Waals surface area contributed by atoms with E-state index in [9.17, 15) is 4.79 Å². The van der Waals surface area contributed by atoms with Crippen LogP contribution in [0.25, 0.3) is 17.2 Å². The number of rotatable bonds is 6. The molecule has 0 N–H and O–H groups in total. The first-order chi connectivity index (χ1) is 16.6. The molecule has 5 nitrogen and oxygen atoms in total. The van der Waals surface area contributed by atoms with Gasteiger partial charge in [0.05, 0.1) is 5.52 Å². The minimum absolute atomic E-state index is 0.0468. The van der Waals surface area contributed by atoms with Crippen LogP contribution in [0, 0.1) is 6.92 Å². The Balaban J connectivity index is 1.28. The van der Waals surface area contributed by atoms with Gasteiger partial charge in [0.1, 0.15) is 11.5 Å². The third-order valence-corrected chi connectivity index (χ3v) is 6.53. The highest BCUT2D eigenvalue weighted by Gasteiger charge is 2.26. The second-order valence-electron chi connectivity index (χ2n) is 8.76. The van der Waals surface area contributed by atoms with Crippen LogP contribution in [-0.4, -0.2) is 53.0 Å². The largest absolute Gasteiger partial charge is 0.460 e. The van der Waals surface area contributed by atoms with Crippen LogP contribution in [0.5, 0.6) is 0 Å². The summed E-state index contributed by atoms with van der Waals surface area (Å²) in [6.45, 7) is 6.50. The molecule has 0 unspecified atom stereocenters. The number of amides is 1. The highest BCUT2D eigenvalue weighted by Crippen LogP contribution is 2.26. The molecule has 1 saturated heterocycles. The van der Waals surface area contributed by atoms with Crippen LogP contribution >= 0.6 is 11.6 Å². The number of carbonyl (C=O) groups excluding carboxylic acids is 1. The lowest BCUT2D eigenvalue weighted by Crippen LogP contribution is -2.49. The first-order valence-electron chi connectivity index (χ1n) is 11.6.